The van der Waals surface area contributed by atoms with Crippen molar-refractivity contribution in [2.45, 2.75) is 84.7 Å². The molecule has 0 bridgehead atoms. The van der Waals surface area contributed by atoms with Gasteiger partial charge in [-0.1, -0.05) is 44.0 Å². The molecule has 42 heavy (non-hydrogen) atoms. The molecule has 4 amide bonds. The predicted octanol–water partition coefficient (Wildman–Crippen LogP) is 4.14. The third-order valence-electron chi connectivity index (χ3n) is 7.04. The molecule has 2 fully saturated rings. The first-order chi connectivity index (χ1) is 20.4. The molecule has 1 aromatic carbocycles. The third kappa shape index (κ3) is 12.7. The van der Waals surface area contributed by atoms with Crippen molar-refractivity contribution in [1.82, 2.24) is 20.4 Å². The quantitative estimate of drug-likeness (QED) is 0.115. The topological polar surface area (TPSA) is 117 Å². The molecule has 1 aromatic rings. The third-order valence-corrected chi connectivity index (χ3v) is 10.2. The Kier molecular flexibility index (Phi) is 15.2. The van der Waals surface area contributed by atoms with Gasteiger partial charge in [-0.3, -0.25) is 4.90 Å². The lowest BCUT2D eigenvalue weighted by Crippen LogP contribution is -2.49. The smallest absolute Gasteiger partial charge is 0.374 e. The highest BCUT2D eigenvalue weighted by molar-refractivity contribution is 6.60. The average molecular weight is 609 g/mol. The van der Waals surface area contributed by atoms with Crippen LogP contribution in [0.4, 0.5) is 9.59 Å². The zero-order chi connectivity index (χ0) is 30.2. The molecule has 11 nitrogen and oxygen atoms in total. The molecular formula is C30H52N4O7Si. The number of carbonyl (C=O) groups excluding carboxylic acids is 2. The van der Waals surface area contributed by atoms with Gasteiger partial charge in [0, 0.05) is 58.6 Å². The average Bonchev–Trinajstić information content (AvgIpc) is 3.91. The number of benzene rings is 1. The number of nitrogens with zero attached hydrogens (tertiary/aromatic N) is 2. The van der Waals surface area contributed by atoms with Crippen LogP contribution in [0.5, 0.6) is 0 Å². The van der Waals surface area contributed by atoms with E-state index in [0.29, 0.717) is 57.6 Å². The lowest BCUT2D eigenvalue weighted by molar-refractivity contribution is 0.0708. The van der Waals surface area contributed by atoms with Gasteiger partial charge in [0.25, 0.3) is 0 Å². The summed E-state index contributed by atoms with van der Waals surface area (Å²) in [5.41, 5.74) is 2.02. The standard InChI is InChI=1S/C30H52N4O7Si/c1-5-9-10-15-31-29(35)34(30(36)32-16-12-17-42(39-6-2,40-7-3)41-8-4)20-26-14-11-13-25(18-26)19-33(21-27-23-37-27)22-28-24-38-28/h11,13-14,18,27-28H,5-10,12,15-17,19-24H2,1-4H3,(H,31,35)(H,32,36). The number of rotatable bonds is 22. The number of urea groups is 2. The fourth-order valence-corrected chi connectivity index (χ4v) is 7.50. The number of nitrogens with one attached hydrogen (secondary N) is 2. The minimum Gasteiger partial charge on any atom is -0.374 e. The lowest BCUT2D eigenvalue weighted by atomic mass is 10.1. The molecule has 238 valence electrons. The fraction of sp³-hybridized carbons (Fsp3) is 0.733. The molecule has 2 N–H and O–H groups in total. The van der Waals surface area contributed by atoms with Crippen molar-refractivity contribution < 1.29 is 32.3 Å². The molecule has 2 aliphatic rings. The highest BCUT2D eigenvalue weighted by atomic mass is 28.4. The van der Waals surface area contributed by atoms with Crippen LogP contribution in [0.2, 0.25) is 6.04 Å². The molecule has 12 heteroatoms. The number of hydrogen-bond donors (Lipinski definition) is 2. The fourth-order valence-electron chi connectivity index (χ4n) is 4.89. The number of imide groups is 1. The van der Waals surface area contributed by atoms with Crippen molar-refractivity contribution in [1.29, 1.82) is 0 Å². The maximum atomic E-state index is 13.3. The first-order valence-corrected chi connectivity index (χ1v) is 17.6. The van der Waals surface area contributed by atoms with Crippen LogP contribution in [-0.2, 0) is 35.8 Å². The minimum atomic E-state index is -2.80. The second-order valence-corrected chi connectivity index (χ2v) is 13.5. The predicted molar refractivity (Wildman–Crippen MR) is 163 cm³/mol. The summed E-state index contributed by atoms with van der Waals surface area (Å²) < 4.78 is 28.7. The van der Waals surface area contributed by atoms with Crippen LogP contribution in [-0.4, -0.2) is 102 Å². The number of carbonyl (C=O) groups is 2. The maximum Gasteiger partial charge on any atom is 0.500 e. The highest BCUT2D eigenvalue weighted by Gasteiger charge is 2.39. The van der Waals surface area contributed by atoms with Crippen LogP contribution in [0, 0.1) is 0 Å². The van der Waals surface area contributed by atoms with Gasteiger partial charge >= 0.3 is 20.9 Å². The molecule has 0 aliphatic carbocycles. The summed E-state index contributed by atoms with van der Waals surface area (Å²) in [6.07, 6.45) is 4.16. The van der Waals surface area contributed by atoms with E-state index in [1.807, 2.05) is 32.9 Å². The van der Waals surface area contributed by atoms with E-state index in [1.54, 1.807) is 0 Å². The second kappa shape index (κ2) is 18.6. The Morgan fingerprint density at radius 1 is 0.833 bits per heavy atom. The number of unbranched alkanes of at least 4 members (excludes halogenated alkanes) is 2. The zero-order valence-electron chi connectivity index (χ0n) is 26.0. The van der Waals surface area contributed by atoms with Crippen molar-refractivity contribution in [2.24, 2.45) is 0 Å². The molecule has 0 aromatic heterocycles. The Hall–Kier alpha value is -2.06. The Balaban J connectivity index is 1.61. The number of ether oxygens (including phenoxy) is 2. The van der Waals surface area contributed by atoms with Gasteiger partial charge < -0.3 is 33.4 Å². The molecule has 0 radical (unpaired) electrons. The molecule has 3 rings (SSSR count). The summed E-state index contributed by atoms with van der Waals surface area (Å²) in [6, 6.07) is 7.86. The van der Waals surface area contributed by atoms with Crippen LogP contribution < -0.4 is 10.6 Å². The summed E-state index contributed by atoms with van der Waals surface area (Å²) in [5.74, 6) is 0. The van der Waals surface area contributed by atoms with Crippen molar-refractivity contribution in [3.05, 3.63) is 35.4 Å². The molecular weight excluding hydrogens is 556 g/mol. The van der Waals surface area contributed by atoms with Gasteiger partial charge in [-0.25, -0.2) is 14.5 Å². The van der Waals surface area contributed by atoms with Crippen LogP contribution in [0.1, 0.15) is 64.5 Å². The normalized spacial score (nSPS) is 17.7. The van der Waals surface area contributed by atoms with Crippen molar-refractivity contribution >= 4 is 20.9 Å². The summed E-state index contributed by atoms with van der Waals surface area (Å²) in [4.78, 5) is 30.1. The first kappa shape index (κ1) is 34.4. The van der Waals surface area contributed by atoms with E-state index >= 15 is 0 Å². The second-order valence-electron chi connectivity index (χ2n) is 10.8. The maximum absolute atomic E-state index is 13.3. The molecule has 2 heterocycles. The van der Waals surface area contributed by atoms with Crippen LogP contribution in [0.25, 0.3) is 0 Å². The van der Waals surface area contributed by atoms with E-state index in [1.165, 1.54) is 4.90 Å². The minimum absolute atomic E-state index is 0.173. The Morgan fingerprint density at radius 2 is 1.36 bits per heavy atom. The Morgan fingerprint density at radius 3 is 1.86 bits per heavy atom. The van der Waals surface area contributed by atoms with Crippen LogP contribution >= 0.6 is 0 Å². The van der Waals surface area contributed by atoms with E-state index < -0.39 is 20.9 Å². The van der Waals surface area contributed by atoms with Crippen LogP contribution in [0.3, 0.4) is 0 Å². The van der Waals surface area contributed by atoms with E-state index in [-0.39, 0.29) is 6.54 Å². The Bertz CT molecular complexity index is 917. The van der Waals surface area contributed by atoms with Gasteiger partial charge in [0.1, 0.15) is 0 Å². The zero-order valence-corrected chi connectivity index (χ0v) is 27.0. The molecule has 0 spiro atoms. The molecule has 2 saturated heterocycles. The largest absolute Gasteiger partial charge is 0.500 e. The van der Waals surface area contributed by atoms with Crippen molar-refractivity contribution in [3.8, 4) is 0 Å². The Labute approximate surface area is 252 Å². The summed E-state index contributed by atoms with van der Waals surface area (Å²) in [7, 11) is -2.80. The van der Waals surface area contributed by atoms with E-state index in [0.717, 1.165) is 63.2 Å². The van der Waals surface area contributed by atoms with Crippen LogP contribution in [0.15, 0.2) is 24.3 Å². The van der Waals surface area contributed by atoms with E-state index in [2.05, 4.69) is 34.6 Å². The van der Waals surface area contributed by atoms with Gasteiger partial charge in [-0.05, 0) is 44.7 Å². The van der Waals surface area contributed by atoms with Gasteiger partial charge in [0.05, 0.1) is 32.0 Å². The summed E-state index contributed by atoms with van der Waals surface area (Å²) in [6.45, 7) is 14.6. The number of amides is 4. The van der Waals surface area contributed by atoms with E-state index in [4.69, 9.17) is 22.8 Å². The molecule has 2 unspecified atom stereocenters. The van der Waals surface area contributed by atoms with Gasteiger partial charge in [0.2, 0.25) is 0 Å². The van der Waals surface area contributed by atoms with Crippen molar-refractivity contribution in [3.63, 3.8) is 0 Å². The summed E-state index contributed by atoms with van der Waals surface area (Å²) in [5, 5.41) is 5.86. The van der Waals surface area contributed by atoms with Crippen molar-refractivity contribution in [2.75, 3.05) is 59.2 Å². The highest BCUT2D eigenvalue weighted by Crippen LogP contribution is 2.20. The summed E-state index contributed by atoms with van der Waals surface area (Å²) >= 11 is 0. The number of hydrogen-bond acceptors (Lipinski definition) is 8. The lowest BCUT2D eigenvalue weighted by Gasteiger charge is -2.28. The van der Waals surface area contributed by atoms with E-state index in [9.17, 15) is 9.59 Å². The van der Waals surface area contributed by atoms with Gasteiger partial charge in [0.15, 0.2) is 0 Å². The molecule has 2 aliphatic heterocycles. The number of epoxide rings is 2. The first-order valence-electron chi connectivity index (χ1n) is 15.7. The van der Waals surface area contributed by atoms with Gasteiger partial charge in [-0.2, -0.15) is 0 Å². The SMILES string of the molecule is CCCCCNC(=O)N(Cc1cccc(CN(CC2CO2)CC2CO2)c1)C(=O)NCCC[Si](OCC)(OCC)OCC. The molecule has 2 atom stereocenters. The monoisotopic (exact) mass is 608 g/mol. The van der Waals surface area contributed by atoms with Gasteiger partial charge in [-0.15, -0.1) is 0 Å². The molecule has 0 saturated carbocycles.